The molecule has 0 aliphatic carbocycles. The van der Waals surface area contributed by atoms with Gasteiger partial charge in [-0.05, 0) is 152 Å². The first-order valence-electron chi connectivity index (χ1n) is 26.5. The lowest BCUT2D eigenvalue weighted by atomic mass is 9.85. The molecule has 1 N–H and O–H groups in total. The molecule has 0 aliphatic rings. The van der Waals surface area contributed by atoms with E-state index in [2.05, 4.69) is 119 Å². The molecular weight excluding hydrogens is 851 g/mol. The third-order valence-corrected chi connectivity index (χ3v) is 13.5. The Labute approximate surface area is 421 Å². The van der Waals surface area contributed by atoms with Crippen molar-refractivity contribution in [3.05, 3.63) is 216 Å². The Morgan fingerprint density at radius 3 is 1.86 bits per heavy atom. The number of fused-ring (bicyclic) bond motifs is 1. The van der Waals surface area contributed by atoms with Crippen molar-refractivity contribution >= 4 is 11.0 Å². The van der Waals surface area contributed by atoms with Gasteiger partial charge in [0, 0.05) is 29.7 Å². The van der Waals surface area contributed by atoms with Gasteiger partial charge < -0.3 is 5.11 Å². The van der Waals surface area contributed by atoms with E-state index in [4.69, 9.17) is 14.1 Å². The van der Waals surface area contributed by atoms with Crippen molar-refractivity contribution in [1.29, 1.82) is 0 Å². The smallest absolute Gasteiger partial charge is 0.149 e. The molecule has 2 heterocycles. The van der Waals surface area contributed by atoms with Crippen LogP contribution in [-0.2, 0) is 5.41 Å². The van der Waals surface area contributed by atoms with Crippen molar-refractivity contribution in [2.75, 3.05) is 0 Å². The third-order valence-electron chi connectivity index (χ3n) is 13.5. The van der Waals surface area contributed by atoms with Crippen molar-refractivity contribution in [3.8, 4) is 89.7 Å². The van der Waals surface area contributed by atoms with E-state index in [0.717, 1.165) is 61.3 Å². The van der Waals surface area contributed by atoms with Crippen molar-refractivity contribution in [3.63, 3.8) is 0 Å². The fourth-order valence-corrected chi connectivity index (χ4v) is 9.48. The quantitative estimate of drug-likeness (QED) is 0.149. The summed E-state index contributed by atoms with van der Waals surface area (Å²) in [7, 11) is 0. The monoisotopic (exact) mass is 917 g/mol. The van der Waals surface area contributed by atoms with Gasteiger partial charge in [0.25, 0.3) is 0 Å². The molecule has 70 heavy (non-hydrogen) atoms. The molecule has 10 rings (SSSR count). The van der Waals surface area contributed by atoms with E-state index in [0.29, 0.717) is 50.4 Å². The molecule has 0 spiro atoms. The number of phenolic OH excluding ortho intramolecular Hbond substituents is 1. The molecule has 0 radical (unpaired) electrons. The maximum atomic E-state index is 12.7. The molecule has 2 aromatic heterocycles. The van der Waals surface area contributed by atoms with Gasteiger partial charge in [-0.25, -0.2) is 4.98 Å². The minimum atomic E-state index is -2.49. The first kappa shape index (κ1) is 40.1. The van der Waals surface area contributed by atoms with Crippen LogP contribution in [0.5, 0.6) is 5.75 Å². The van der Waals surface area contributed by atoms with E-state index in [1.165, 1.54) is 5.56 Å². The summed E-state index contributed by atoms with van der Waals surface area (Å²) in [5, 5.41) is 12.7. The van der Waals surface area contributed by atoms with E-state index in [9.17, 15) is 7.85 Å². The molecule has 4 nitrogen and oxygen atoms in total. The average molecular weight is 917 g/mol. The Kier molecular flexibility index (Phi) is 10.6. The summed E-state index contributed by atoms with van der Waals surface area (Å²) in [4.78, 5) is 10.6. The van der Waals surface area contributed by atoms with Crippen molar-refractivity contribution in [2.24, 2.45) is 0 Å². The molecule has 0 amide bonds. The maximum Gasteiger partial charge on any atom is 0.149 e. The zero-order valence-electron chi connectivity index (χ0n) is 46.2. The molecule has 0 bridgehead atoms. The van der Waals surface area contributed by atoms with Crippen LogP contribution in [-0.4, -0.2) is 19.6 Å². The topological polar surface area (TPSA) is 50.9 Å². The van der Waals surface area contributed by atoms with Crippen molar-refractivity contribution in [1.82, 2.24) is 14.5 Å². The van der Waals surface area contributed by atoms with E-state index < -0.39 is 18.6 Å². The first-order valence-corrected chi connectivity index (χ1v) is 24.0. The van der Waals surface area contributed by atoms with Gasteiger partial charge in [0.15, 0.2) is 0 Å². The van der Waals surface area contributed by atoms with Crippen LogP contribution >= 0.6 is 0 Å². The molecule has 0 saturated carbocycles. The van der Waals surface area contributed by atoms with E-state index in [-0.39, 0.29) is 16.7 Å². The number of aryl methyl sites for hydroxylation is 2. The second kappa shape index (κ2) is 18.6. The predicted molar refractivity (Wildman–Crippen MR) is 295 cm³/mol. The maximum absolute atomic E-state index is 12.7. The van der Waals surface area contributed by atoms with Gasteiger partial charge in [0.05, 0.1) is 28.0 Å². The van der Waals surface area contributed by atoms with Gasteiger partial charge >= 0.3 is 0 Å². The van der Waals surface area contributed by atoms with Crippen LogP contribution in [0.3, 0.4) is 0 Å². The van der Waals surface area contributed by atoms with Gasteiger partial charge in [0.2, 0.25) is 0 Å². The second-order valence-corrected chi connectivity index (χ2v) is 19.9. The number of aromatic hydroxyl groups is 1. The molecule has 0 aliphatic heterocycles. The number of para-hydroxylation sites is 1. The molecule has 0 unspecified atom stereocenters. The van der Waals surface area contributed by atoms with Crippen LogP contribution in [0.25, 0.3) is 95.0 Å². The van der Waals surface area contributed by atoms with Crippen LogP contribution < -0.4 is 0 Å². The highest BCUT2D eigenvalue weighted by Crippen LogP contribution is 2.46. The van der Waals surface area contributed by atoms with Crippen LogP contribution in [0, 0.1) is 13.8 Å². The molecule has 0 saturated heterocycles. The van der Waals surface area contributed by atoms with E-state index in [1.54, 1.807) is 39.8 Å². The summed E-state index contributed by atoms with van der Waals surface area (Å²) < 4.78 is 47.6. The lowest BCUT2D eigenvalue weighted by Gasteiger charge is -2.22. The van der Waals surface area contributed by atoms with Crippen molar-refractivity contribution < 1.29 is 12.0 Å². The van der Waals surface area contributed by atoms with Crippen molar-refractivity contribution in [2.45, 2.75) is 79.4 Å². The molecular formula is C66H61N3O. The number of phenols is 1. The zero-order chi connectivity index (χ0) is 53.2. The van der Waals surface area contributed by atoms with Gasteiger partial charge in [0.1, 0.15) is 11.6 Å². The first-order chi connectivity index (χ1) is 35.5. The molecule has 4 heteroatoms. The lowest BCUT2D eigenvalue weighted by molar-refractivity contribution is 0.466. The minimum absolute atomic E-state index is 0.118. The number of imidazole rings is 1. The summed E-state index contributed by atoms with van der Waals surface area (Å²) >= 11 is 0. The number of hydrogen-bond acceptors (Lipinski definition) is 3. The number of pyridine rings is 1. The predicted octanol–water partition coefficient (Wildman–Crippen LogP) is 18.0. The van der Waals surface area contributed by atoms with Crippen LogP contribution in [0.4, 0.5) is 0 Å². The molecule has 0 atom stereocenters. The molecule has 8 aromatic carbocycles. The van der Waals surface area contributed by atoms with Crippen LogP contribution in [0.15, 0.2) is 188 Å². The second-order valence-electron chi connectivity index (χ2n) is 19.9. The Morgan fingerprint density at radius 2 is 1.19 bits per heavy atom. The molecule has 0 fully saturated rings. The van der Waals surface area contributed by atoms with Gasteiger partial charge in [-0.15, -0.1) is 0 Å². The molecule has 10 aromatic rings. The van der Waals surface area contributed by atoms with E-state index in [1.807, 2.05) is 89.6 Å². The Morgan fingerprint density at radius 1 is 0.543 bits per heavy atom. The summed E-state index contributed by atoms with van der Waals surface area (Å²) in [6.07, 6.45) is 1.86. The van der Waals surface area contributed by atoms with Gasteiger partial charge in [-0.2, -0.15) is 0 Å². The van der Waals surface area contributed by atoms with Crippen LogP contribution in [0.1, 0.15) is 94.9 Å². The highest BCUT2D eigenvalue weighted by atomic mass is 16.3. The number of benzene rings is 8. The lowest BCUT2D eigenvalue weighted by Crippen LogP contribution is -2.10. The largest absolute Gasteiger partial charge is 0.507 e. The average Bonchev–Trinajstić information content (AvgIpc) is 3.78. The van der Waals surface area contributed by atoms with E-state index >= 15 is 0 Å². The van der Waals surface area contributed by atoms with Crippen LogP contribution in [0.2, 0.25) is 0 Å². The summed E-state index contributed by atoms with van der Waals surface area (Å²) in [5.74, 6) is -2.13. The SMILES string of the molecule is [2H]C([2H])([2H])c1cc(-c2ccc(C(C)(C)C)cc2)c(-n2c(-c3cc(C([2H])(C)C)cc(C([2H])(C)C)c3O)nc3c(-c4cc(-c5ccccc5)cc(-c5cc(-c6ccc(C)cc6)ccn5)c4)cccc32)cc1-c1ccccc1. The molecule has 346 valence electrons. The zero-order valence-corrected chi connectivity index (χ0v) is 41.2. The number of rotatable bonds is 10. The number of nitrogens with zero attached hydrogens (tertiary/aromatic N) is 3. The summed E-state index contributed by atoms with van der Waals surface area (Å²) in [5.41, 5.74) is 15.9. The Bertz CT molecular complexity index is 3750. The minimum Gasteiger partial charge on any atom is -0.507 e. The Balaban J connectivity index is 1.33. The van der Waals surface area contributed by atoms with Gasteiger partial charge in [-0.3, -0.25) is 9.55 Å². The fraction of sp³-hybridized carbons (Fsp3) is 0.182. The van der Waals surface area contributed by atoms with Gasteiger partial charge in [-0.1, -0.05) is 181 Å². The number of hydrogen-bond donors (Lipinski definition) is 1. The number of aromatic nitrogens is 3. The summed E-state index contributed by atoms with van der Waals surface area (Å²) in [6.45, 7) is 13.1. The Hall–Kier alpha value is -7.82. The normalized spacial score (nSPS) is 13.3. The standard InChI is InChI=1S/C66H61N3O/c1-41(2)50-37-56(42(3)4)64(70)59(38-50)65-68-63-55(52-34-51(45-17-12-10-13-18-45)35-53(36-52)60-39-49(31-32-67-60)46-25-23-43(5)24-26-46)21-16-22-61(63)69(65)62-40-57(47-19-14-11-15-20-47)44(6)33-58(62)48-27-29-54(30-28-48)66(7,8)9/h10-42,70H,1-9H3/i6D3,41D,42D. The fourth-order valence-electron chi connectivity index (χ4n) is 9.48. The highest BCUT2D eigenvalue weighted by molar-refractivity contribution is 5.99. The summed E-state index contributed by atoms with van der Waals surface area (Å²) in [6, 6.07) is 60.8. The third kappa shape index (κ3) is 8.87. The highest BCUT2D eigenvalue weighted by Gasteiger charge is 2.26.